The van der Waals surface area contributed by atoms with Gasteiger partial charge in [-0.2, -0.15) is 0 Å². The van der Waals surface area contributed by atoms with Crippen LogP contribution >= 0.6 is 0 Å². The summed E-state index contributed by atoms with van der Waals surface area (Å²) in [5.74, 6) is 0.155. The van der Waals surface area contributed by atoms with Gasteiger partial charge in [-0.1, -0.05) is 30.3 Å². The fourth-order valence-corrected chi connectivity index (χ4v) is 2.40. The molecule has 2 aromatic rings. The molecule has 0 atom stereocenters. The first-order chi connectivity index (χ1) is 8.84. The van der Waals surface area contributed by atoms with Crippen LogP contribution in [0.1, 0.15) is 6.42 Å². The van der Waals surface area contributed by atoms with Crippen LogP contribution in [-0.2, 0) is 4.79 Å². The molecule has 0 aliphatic carbocycles. The lowest BCUT2D eigenvalue weighted by Crippen LogP contribution is -2.34. The second kappa shape index (κ2) is 4.78. The number of nitrogens with zero attached hydrogens (tertiary/aromatic N) is 1. The zero-order valence-electron chi connectivity index (χ0n) is 10.2. The normalized spacial score (nSPS) is 16.9. The molecule has 1 aliphatic rings. The van der Waals surface area contributed by atoms with Crippen LogP contribution in [0.4, 0.5) is 5.69 Å². The van der Waals surface area contributed by atoms with Crippen LogP contribution in [-0.4, -0.2) is 25.5 Å². The van der Waals surface area contributed by atoms with E-state index in [-0.39, 0.29) is 5.91 Å². The van der Waals surface area contributed by atoms with E-state index in [1.165, 1.54) is 10.8 Å². The molecule has 18 heavy (non-hydrogen) atoms. The Morgan fingerprint density at radius 1 is 1.06 bits per heavy atom. The number of anilines is 1. The lowest BCUT2D eigenvalue weighted by atomic mass is 10.1. The number of fused-ring (bicyclic) bond motifs is 1. The average Bonchev–Trinajstić information content (AvgIpc) is 2.63. The smallest absolute Gasteiger partial charge is 0.240 e. The van der Waals surface area contributed by atoms with Crippen LogP contribution in [0.15, 0.2) is 42.5 Å². The summed E-state index contributed by atoms with van der Waals surface area (Å²) < 4.78 is 0. The van der Waals surface area contributed by atoms with Crippen LogP contribution < -0.4 is 10.2 Å². The summed E-state index contributed by atoms with van der Waals surface area (Å²) in [6, 6.07) is 14.4. The van der Waals surface area contributed by atoms with Crippen molar-refractivity contribution in [1.29, 1.82) is 0 Å². The van der Waals surface area contributed by atoms with E-state index < -0.39 is 0 Å². The molecule has 0 spiro atoms. The van der Waals surface area contributed by atoms with E-state index in [4.69, 9.17) is 0 Å². The summed E-state index contributed by atoms with van der Waals surface area (Å²) in [6.45, 7) is 2.15. The van der Waals surface area contributed by atoms with E-state index in [0.29, 0.717) is 6.54 Å². The van der Waals surface area contributed by atoms with Crippen molar-refractivity contribution in [3.63, 3.8) is 0 Å². The number of amides is 1. The highest BCUT2D eigenvalue weighted by Crippen LogP contribution is 2.22. The molecule has 0 saturated carbocycles. The van der Waals surface area contributed by atoms with Crippen LogP contribution in [0.2, 0.25) is 0 Å². The van der Waals surface area contributed by atoms with Crippen molar-refractivity contribution in [1.82, 2.24) is 5.32 Å². The van der Waals surface area contributed by atoms with Crippen LogP contribution in [0, 0.1) is 0 Å². The van der Waals surface area contributed by atoms with E-state index in [1.54, 1.807) is 0 Å². The van der Waals surface area contributed by atoms with Crippen LogP contribution in [0.3, 0.4) is 0 Å². The van der Waals surface area contributed by atoms with E-state index >= 15 is 0 Å². The largest absolute Gasteiger partial charge is 0.311 e. The standard InChI is InChI=1S/C15H16N2O/c18-15-11-16-8-3-9-17(15)14-7-6-12-4-1-2-5-13(12)10-14/h1-2,4-7,10,16H,3,8-9,11H2. The zero-order valence-corrected chi connectivity index (χ0v) is 10.2. The minimum atomic E-state index is 0.155. The number of carbonyl (C=O) groups is 1. The molecule has 0 aromatic heterocycles. The van der Waals surface area contributed by atoms with E-state index in [0.717, 1.165) is 25.2 Å². The monoisotopic (exact) mass is 240 g/mol. The Labute approximate surface area is 106 Å². The summed E-state index contributed by atoms with van der Waals surface area (Å²) in [7, 11) is 0. The topological polar surface area (TPSA) is 32.3 Å². The average molecular weight is 240 g/mol. The predicted octanol–water partition coefficient (Wildman–Crippen LogP) is 2.17. The SMILES string of the molecule is O=C1CNCCCN1c1ccc2ccccc2c1. The second-order valence-electron chi connectivity index (χ2n) is 4.61. The molecule has 1 N–H and O–H groups in total. The van der Waals surface area contributed by atoms with Gasteiger partial charge in [0.2, 0.25) is 5.91 Å². The molecular formula is C15H16N2O. The minimum absolute atomic E-state index is 0.155. The molecule has 1 fully saturated rings. The van der Waals surface area contributed by atoms with Gasteiger partial charge in [0, 0.05) is 12.2 Å². The summed E-state index contributed by atoms with van der Waals surface area (Å²) in [5.41, 5.74) is 1.00. The summed E-state index contributed by atoms with van der Waals surface area (Å²) in [5, 5.41) is 5.53. The minimum Gasteiger partial charge on any atom is -0.311 e. The molecule has 3 heteroatoms. The molecule has 92 valence electrons. The molecule has 2 aromatic carbocycles. The lowest BCUT2D eigenvalue weighted by Gasteiger charge is -2.20. The molecule has 0 radical (unpaired) electrons. The van der Waals surface area contributed by atoms with Crippen molar-refractivity contribution in [3.8, 4) is 0 Å². The highest BCUT2D eigenvalue weighted by atomic mass is 16.2. The Morgan fingerprint density at radius 3 is 2.78 bits per heavy atom. The van der Waals surface area contributed by atoms with E-state index in [1.807, 2.05) is 23.1 Å². The third kappa shape index (κ3) is 2.09. The molecule has 1 aliphatic heterocycles. The Balaban J connectivity index is 1.99. The molecule has 1 heterocycles. The quantitative estimate of drug-likeness (QED) is 0.828. The molecule has 0 bridgehead atoms. The first-order valence-electron chi connectivity index (χ1n) is 6.34. The van der Waals surface area contributed by atoms with Gasteiger partial charge in [0.15, 0.2) is 0 Å². The molecule has 1 amide bonds. The zero-order chi connectivity index (χ0) is 12.4. The van der Waals surface area contributed by atoms with Gasteiger partial charge >= 0.3 is 0 Å². The van der Waals surface area contributed by atoms with Crippen molar-refractivity contribution in [2.75, 3.05) is 24.5 Å². The first-order valence-corrected chi connectivity index (χ1v) is 6.34. The van der Waals surface area contributed by atoms with Crippen molar-refractivity contribution in [2.45, 2.75) is 6.42 Å². The number of benzene rings is 2. The van der Waals surface area contributed by atoms with Crippen LogP contribution in [0.25, 0.3) is 10.8 Å². The first kappa shape index (κ1) is 11.2. The highest BCUT2D eigenvalue weighted by Gasteiger charge is 2.17. The van der Waals surface area contributed by atoms with E-state index in [2.05, 4.69) is 29.6 Å². The molecule has 0 unspecified atom stereocenters. The lowest BCUT2D eigenvalue weighted by molar-refractivity contribution is -0.117. The third-order valence-corrected chi connectivity index (χ3v) is 3.36. The van der Waals surface area contributed by atoms with Gasteiger partial charge in [0.05, 0.1) is 6.54 Å². The van der Waals surface area contributed by atoms with Crippen molar-refractivity contribution in [3.05, 3.63) is 42.5 Å². The van der Waals surface area contributed by atoms with Gasteiger partial charge in [-0.15, -0.1) is 0 Å². The Hall–Kier alpha value is -1.87. The number of nitrogens with one attached hydrogen (secondary N) is 1. The fourth-order valence-electron chi connectivity index (χ4n) is 2.40. The summed E-state index contributed by atoms with van der Waals surface area (Å²) in [6.07, 6.45) is 0.999. The molecule has 1 saturated heterocycles. The Bertz CT molecular complexity index is 579. The van der Waals surface area contributed by atoms with Crippen molar-refractivity contribution < 1.29 is 4.79 Å². The van der Waals surface area contributed by atoms with Gasteiger partial charge < -0.3 is 10.2 Å². The van der Waals surface area contributed by atoms with Gasteiger partial charge in [0.25, 0.3) is 0 Å². The second-order valence-corrected chi connectivity index (χ2v) is 4.61. The van der Waals surface area contributed by atoms with Crippen LogP contribution in [0.5, 0.6) is 0 Å². The maximum atomic E-state index is 12.0. The van der Waals surface area contributed by atoms with Gasteiger partial charge in [-0.25, -0.2) is 0 Å². The summed E-state index contributed by atoms with van der Waals surface area (Å²) >= 11 is 0. The third-order valence-electron chi connectivity index (χ3n) is 3.36. The van der Waals surface area contributed by atoms with Gasteiger partial charge in [0.1, 0.15) is 0 Å². The summed E-state index contributed by atoms with van der Waals surface area (Å²) in [4.78, 5) is 13.9. The maximum absolute atomic E-state index is 12.0. The Kier molecular flexibility index (Phi) is 2.99. The van der Waals surface area contributed by atoms with Crippen molar-refractivity contribution in [2.24, 2.45) is 0 Å². The highest BCUT2D eigenvalue weighted by molar-refractivity contribution is 5.97. The van der Waals surface area contributed by atoms with Gasteiger partial charge in [-0.3, -0.25) is 4.79 Å². The molecule has 3 rings (SSSR count). The van der Waals surface area contributed by atoms with E-state index in [9.17, 15) is 4.79 Å². The Morgan fingerprint density at radius 2 is 1.89 bits per heavy atom. The molecular weight excluding hydrogens is 224 g/mol. The number of hydrogen-bond donors (Lipinski definition) is 1. The fraction of sp³-hybridized carbons (Fsp3) is 0.267. The van der Waals surface area contributed by atoms with Crippen molar-refractivity contribution >= 4 is 22.4 Å². The molecule has 3 nitrogen and oxygen atoms in total. The number of carbonyl (C=O) groups excluding carboxylic acids is 1. The predicted molar refractivity (Wildman–Crippen MR) is 73.8 cm³/mol. The maximum Gasteiger partial charge on any atom is 0.240 e. The van der Waals surface area contributed by atoms with Gasteiger partial charge in [-0.05, 0) is 35.9 Å². The number of hydrogen-bond acceptors (Lipinski definition) is 2. The number of rotatable bonds is 1.